The molecule has 0 aliphatic rings. The van der Waals surface area contributed by atoms with Gasteiger partial charge in [0.15, 0.2) is 0 Å². The van der Waals surface area contributed by atoms with Crippen LogP contribution in [0.2, 0.25) is 0 Å². The quantitative estimate of drug-likeness (QED) is 0.418. The Morgan fingerprint density at radius 2 is 1.64 bits per heavy atom. The van der Waals surface area contributed by atoms with Crippen LogP contribution < -0.4 is 0 Å². The Morgan fingerprint density at radius 3 is 1.91 bits per heavy atom. The third-order valence-electron chi connectivity index (χ3n) is 2.48. The Bertz CT molecular complexity index is 187. The second-order valence-electron chi connectivity index (χ2n) is 3.43. The maximum atomic E-state index is 5.34. The molecule has 0 heterocycles. The molecule has 0 rings (SSSR count). The van der Waals surface area contributed by atoms with Crippen molar-refractivity contribution < 1.29 is 0 Å². The van der Waals surface area contributed by atoms with Crippen molar-refractivity contribution in [2.45, 2.75) is 34.6 Å². The number of terminal acetylenes is 1. The summed E-state index contributed by atoms with van der Waals surface area (Å²) in [5.41, 5.74) is 2.81. The van der Waals surface area contributed by atoms with E-state index in [1.54, 1.807) is 0 Å². The van der Waals surface area contributed by atoms with Crippen LogP contribution in [0.1, 0.15) is 34.6 Å². The number of allylic oxidation sites excluding steroid dienone is 2. The van der Waals surface area contributed by atoms with Gasteiger partial charge in [0.1, 0.15) is 0 Å². The molecule has 11 heavy (non-hydrogen) atoms. The number of hydrogen-bond acceptors (Lipinski definition) is 0. The fourth-order valence-electron chi connectivity index (χ4n) is 0.975. The van der Waals surface area contributed by atoms with E-state index < -0.39 is 0 Å². The van der Waals surface area contributed by atoms with Crippen LogP contribution in [0.4, 0.5) is 0 Å². The monoisotopic (exact) mass is 150 g/mol. The highest BCUT2D eigenvalue weighted by molar-refractivity contribution is 5.13. The minimum Gasteiger partial charge on any atom is -0.120 e. The summed E-state index contributed by atoms with van der Waals surface area (Å²) >= 11 is 0. The van der Waals surface area contributed by atoms with Gasteiger partial charge in [0.25, 0.3) is 0 Å². The predicted molar refractivity (Wildman–Crippen MR) is 51.2 cm³/mol. The molecule has 0 aliphatic carbocycles. The topological polar surface area (TPSA) is 0 Å². The van der Waals surface area contributed by atoms with Crippen molar-refractivity contribution in [3.63, 3.8) is 0 Å². The zero-order valence-corrected chi connectivity index (χ0v) is 8.23. The average molecular weight is 150 g/mol. The van der Waals surface area contributed by atoms with E-state index in [4.69, 9.17) is 6.42 Å². The fourth-order valence-corrected chi connectivity index (χ4v) is 0.975. The van der Waals surface area contributed by atoms with Gasteiger partial charge in [0.05, 0.1) is 0 Å². The van der Waals surface area contributed by atoms with Gasteiger partial charge in [-0.05, 0) is 26.7 Å². The van der Waals surface area contributed by atoms with Gasteiger partial charge in [-0.25, -0.2) is 0 Å². The van der Waals surface area contributed by atoms with Crippen LogP contribution >= 0.6 is 0 Å². The van der Waals surface area contributed by atoms with Crippen molar-refractivity contribution in [3.05, 3.63) is 11.1 Å². The highest BCUT2D eigenvalue weighted by Crippen LogP contribution is 2.21. The standard InChI is InChI=1S/C11H18/c1-7-9(4)11(6)10(5)8(2)3/h1,9,11H,2-6H3. The van der Waals surface area contributed by atoms with E-state index in [2.05, 4.69) is 40.5 Å². The highest BCUT2D eigenvalue weighted by Gasteiger charge is 2.11. The van der Waals surface area contributed by atoms with Crippen molar-refractivity contribution in [2.75, 3.05) is 0 Å². The van der Waals surface area contributed by atoms with Gasteiger partial charge < -0.3 is 0 Å². The van der Waals surface area contributed by atoms with Crippen LogP contribution in [0.25, 0.3) is 0 Å². The molecule has 62 valence electrons. The molecule has 0 nitrogen and oxygen atoms in total. The lowest BCUT2D eigenvalue weighted by atomic mass is 9.88. The van der Waals surface area contributed by atoms with E-state index >= 15 is 0 Å². The molecule has 2 atom stereocenters. The van der Waals surface area contributed by atoms with E-state index in [1.165, 1.54) is 11.1 Å². The molecule has 0 bridgehead atoms. The Labute approximate surface area is 70.7 Å². The van der Waals surface area contributed by atoms with E-state index in [0.717, 1.165) is 0 Å². The smallest absolute Gasteiger partial charge is 0.0234 e. The van der Waals surface area contributed by atoms with Crippen molar-refractivity contribution in [2.24, 2.45) is 11.8 Å². The molecule has 0 heteroatoms. The molecule has 0 fully saturated rings. The van der Waals surface area contributed by atoms with Gasteiger partial charge >= 0.3 is 0 Å². The first-order valence-corrected chi connectivity index (χ1v) is 4.10. The molecule has 0 spiro atoms. The molecule has 0 radical (unpaired) electrons. The van der Waals surface area contributed by atoms with Crippen LogP contribution in [-0.4, -0.2) is 0 Å². The third-order valence-corrected chi connectivity index (χ3v) is 2.48. The number of rotatable bonds is 2. The summed E-state index contributed by atoms with van der Waals surface area (Å²) in [6.07, 6.45) is 5.34. The van der Waals surface area contributed by atoms with Crippen molar-refractivity contribution in [3.8, 4) is 12.3 Å². The largest absolute Gasteiger partial charge is 0.120 e. The zero-order chi connectivity index (χ0) is 9.02. The average Bonchev–Trinajstić information content (AvgIpc) is 2.00. The maximum Gasteiger partial charge on any atom is 0.0234 e. The Morgan fingerprint density at radius 1 is 1.18 bits per heavy atom. The minimum atomic E-state index is 0.352. The Balaban J connectivity index is 4.40. The molecule has 0 saturated carbocycles. The van der Waals surface area contributed by atoms with Crippen LogP contribution in [0.5, 0.6) is 0 Å². The summed E-state index contributed by atoms with van der Waals surface area (Å²) in [6, 6.07) is 0. The summed E-state index contributed by atoms with van der Waals surface area (Å²) < 4.78 is 0. The van der Waals surface area contributed by atoms with Crippen LogP contribution in [0.15, 0.2) is 11.1 Å². The predicted octanol–water partition coefficient (Wildman–Crippen LogP) is 3.25. The molecule has 2 unspecified atom stereocenters. The van der Waals surface area contributed by atoms with Crippen LogP contribution in [0.3, 0.4) is 0 Å². The summed E-state index contributed by atoms with van der Waals surface area (Å²) in [6.45, 7) is 10.7. The minimum absolute atomic E-state index is 0.352. The molecule has 0 amide bonds. The van der Waals surface area contributed by atoms with E-state index in [-0.39, 0.29) is 0 Å². The lowest BCUT2D eigenvalue weighted by Gasteiger charge is -2.16. The van der Waals surface area contributed by atoms with Gasteiger partial charge in [-0.2, -0.15) is 0 Å². The maximum absolute atomic E-state index is 5.34. The Hall–Kier alpha value is -0.700. The molecule has 0 aliphatic heterocycles. The summed E-state index contributed by atoms with van der Waals surface area (Å²) in [7, 11) is 0. The molecule has 0 aromatic rings. The van der Waals surface area contributed by atoms with Crippen molar-refractivity contribution in [1.82, 2.24) is 0 Å². The van der Waals surface area contributed by atoms with Gasteiger partial charge in [0, 0.05) is 5.92 Å². The van der Waals surface area contributed by atoms with E-state index in [1.807, 2.05) is 0 Å². The number of hydrogen-bond donors (Lipinski definition) is 0. The molecular weight excluding hydrogens is 132 g/mol. The Kier molecular flexibility index (Phi) is 3.97. The summed E-state index contributed by atoms with van der Waals surface area (Å²) in [5, 5.41) is 0. The van der Waals surface area contributed by atoms with Crippen LogP contribution in [0, 0.1) is 24.2 Å². The summed E-state index contributed by atoms with van der Waals surface area (Å²) in [4.78, 5) is 0. The molecule has 0 N–H and O–H groups in total. The third kappa shape index (κ3) is 2.80. The first kappa shape index (κ1) is 10.3. The van der Waals surface area contributed by atoms with Gasteiger partial charge in [-0.15, -0.1) is 12.3 Å². The second kappa shape index (κ2) is 4.23. The lowest BCUT2D eigenvalue weighted by Crippen LogP contribution is -2.07. The lowest BCUT2D eigenvalue weighted by molar-refractivity contribution is 0.541. The molecule has 0 aromatic heterocycles. The van der Waals surface area contributed by atoms with Gasteiger partial charge in [-0.1, -0.05) is 25.0 Å². The molecule has 0 saturated heterocycles. The van der Waals surface area contributed by atoms with E-state index in [0.29, 0.717) is 11.8 Å². The fraction of sp³-hybridized carbons (Fsp3) is 0.636. The first-order valence-electron chi connectivity index (χ1n) is 4.10. The first-order chi connectivity index (χ1) is 5.00. The zero-order valence-electron chi connectivity index (χ0n) is 8.23. The summed E-state index contributed by atoms with van der Waals surface area (Å²) in [5.74, 6) is 3.64. The highest BCUT2D eigenvalue weighted by atomic mass is 14.1. The normalized spacial score (nSPS) is 14.9. The van der Waals surface area contributed by atoms with Crippen molar-refractivity contribution in [1.29, 1.82) is 0 Å². The van der Waals surface area contributed by atoms with Gasteiger partial charge in [-0.3, -0.25) is 0 Å². The van der Waals surface area contributed by atoms with E-state index in [9.17, 15) is 0 Å². The van der Waals surface area contributed by atoms with Crippen molar-refractivity contribution >= 4 is 0 Å². The van der Waals surface area contributed by atoms with Gasteiger partial charge in [0.2, 0.25) is 0 Å². The second-order valence-corrected chi connectivity index (χ2v) is 3.43. The van der Waals surface area contributed by atoms with Crippen LogP contribution in [-0.2, 0) is 0 Å². The molecule has 0 aromatic carbocycles. The SMILES string of the molecule is C#CC(C)C(C)C(C)=C(C)C. The molecular formula is C11H18.